The molecule has 0 saturated carbocycles. The third-order valence-electron chi connectivity index (χ3n) is 3.60. The largest absolute Gasteiger partial charge is 0.447 e. The number of ether oxygens (including phenoxy) is 1. The van der Waals surface area contributed by atoms with Crippen molar-refractivity contribution < 1.29 is 14.3 Å². The molecule has 0 bridgehead atoms. The van der Waals surface area contributed by atoms with Gasteiger partial charge in [0, 0.05) is 11.8 Å². The number of nitrogens with one attached hydrogen (secondary N) is 1. The highest BCUT2D eigenvalue weighted by molar-refractivity contribution is 5.88. The molecule has 1 saturated heterocycles. The van der Waals surface area contributed by atoms with Gasteiger partial charge in [0.2, 0.25) is 5.95 Å². The minimum Gasteiger partial charge on any atom is -0.447 e. The molecule has 1 amide bonds. The highest BCUT2D eigenvalue weighted by atomic mass is 16.6. The number of cyclic esters (lactones) is 1. The Morgan fingerprint density at radius 2 is 2.09 bits per heavy atom. The van der Waals surface area contributed by atoms with Gasteiger partial charge in [-0.15, -0.1) is 0 Å². The van der Waals surface area contributed by atoms with Gasteiger partial charge in [0.05, 0.1) is 12.6 Å². The van der Waals surface area contributed by atoms with Gasteiger partial charge in [-0.3, -0.25) is 9.69 Å². The first kappa shape index (κ1) is 15.0. The zero-order valence-corrected chi connectivity index (χ0v) is 12.6. The Kier molecular flexibility index (Phi) is 4.18. The first-order valence-electron chi connectivity index (χ1n) is 7.26. The van der Waals surface area contributed by atoms with Crippen molar-refractivity contribution in [2.45, 2.75) is 13.0 Å². The summed E-state index contributed by atoms with van der Waals surface area (Å²) in [5.41, 5.74) is 1.64. The summed E-state index contributed by atoms with van der Waals surface area (Å²) < 4.78 is 4.91. The number of hydrogen-bond donors (Lipinski definition) is 1. The molecule has 7 heteroatoms. The van der Waals surface area contributed by atoms with E-state index in [1.807, 2.05) is 19.1 Å². The van der Waals surface area contributed by atoms with Gasteiger partial charge in [-0.2, -0.15) is 4.98 Å². The molecule has 3 rings (SSSR count). The predicted octanol–water partition coefficient (Wildman–Crippen LogP) is 2.42. The van der Waals surface area contributed by atoms with E-state index in [1.54, 1.807) is 24.4 Å². The normalized spacial score (nSPS) is 15.2. The third-order valence-corrected chi connectivity index (χ3v) is 3.60. The summed E-state index contributed by atoms with van der Waals surface area (Å²) in [5, 5.41) is 3.18. The van der Waals surface area contributed by atoms with Gasteiger partial charge in [-0.1, -0.05) is 24.3 Å². The lowest BCUT2D eigenvalue weighted by Crippen LogP contribution is -2.25. The Balaban J connectivity index is 1.74. The first-order chi connectivity index (χ1) is 11.2. The Labute approximate surface area is 133 Å². The van der Waals surface area contributed by atoms with Crippen LogP contribution in [0.1, 0.15) is 28.9 Å². The Morgan fingerprint density at radius 3 is 2.74 bits per heavy atom. The second-order valence-electron chi connectivity index (χ2n) is 5.15. The summed E-state index contributed by atoms with van der Waals surface area (Å²) in [4.78, 5) is 32.3. The minimum atomic E-state index is -0.396. The van der Waals surface area contributed by atoms with Crippen molar-refractivity contribution in [3.05, 3.63) is 47.7 Å². The number of aldehydes is 1. The molecular formula is C16H16N4O3. The molecule has 23 heavy (non-hydrogen) atoms. The van der Waals surface area contributed by atoms with Crippen LogP contribution in [0.4, 0.5) is 16.6 Å². The van der Waals surface area contributed by atoms with E-state index in [2.05, 4.69) is 15.3 Å². The molecule has 1 aromatic heterocycles. The summed E-state index contributed by atoms with van der Waals surface area (Å²) in [7, 11) is 0. The molecule has 1 N–H and O–H groups in total. The van der Waals surface area contributed by atoms with E-state index in [9.17, 15) is 9.59 Å². The third kappa shape index (κ3) is 3.28. The zero-order chi connectivity index (χ0) is 16.2. The average molecular weight is 312 g/mol. The van der Waals surface area contributed by atoms with Crippen molar-refractivity contribution in [2.24, 2.45) is 0 Å². The topological polar surface area (TPSA) is 84.4 Å². The van der Waals surface area contributed by atoms with Crippen molar-refractivity contribution in [3.63, 3.8) is 0 Å². The highest BCUT2D eigenvalue weighted by Gasteiger charge is 2.25. The molecule has 1 unspecified atom stereocenters. The van der Waals surface area contributed by atoms with Crippen LogP contribution in [0.3, 0.4) is 0 Å². The number of amides is 1. The van der Waals surface area contributed by atoms with Gasteiger partial charge in [0.15, 0.2) is 0 Å². The van der Waals surface area contributed by atoms with Gasteiger partial charge in [0.1, 0.15) is 18.7 Å². The molecule has 0 spiro atoms. The minimum absolute atomic E-state index is 0.0449. The lowest BCUT2D eigenvalue weighted by Gasteiger charge is -2.16. The summed E-state index contributed by atoms with van der Waals surface area (Å²) >= 11 is 0. The number of hydrogen-bond acceptors (Lipinski definition) is 6. The lowest BCUT2D eigenvalue weighted by atomic mass is 10.1. The maximum Gasteiger partial charge on any atom is 0.415 e. The van der Waals surface area contributed by atoms with Gasteiger partial charge >= 0.3 is 6.09 Å². The van der Waals surface area contributed by atoms with Crippen LogP contribution >= 0.6 is 0 Å². The van der Waals surface area contributed by atoms with Crippen molar-refractivity contribution in [3.8, 4) is 0 Å². The van der Waals surface area contributed by atoms with Crippen LogP contribution < -0.4 is 10.2 Å². The average Bonchev–Trinajstić information content (AvgIpc) is 3.01. The fourth-order valence-corrected chi connectivity index (χ4v) is 2.31. The number of anilines is 2. The molecule has 118 valence electrons. The van der Waals surface area contributed by atoms with Crippen molar-refractivity contribution >= 4 is 24.1 Å². The monoisotopic (exact) mass is 312 g/mol. The van der Waals surface area contributed by atoms with Crippen LogP contribution in [-0.2, 0) is 4.74 Å². The number of rotatable bonds is 5. The second kappa shape index (κ2) is 6.43. The van der Waals surface area contributed by atoms with E-state index in [-0.39, 0.29) is 6.04 Å². The number of carbonyl (C=O) groups excluding carboxylic acids is 2. The number of aromatic nitrogens is 2. The molecule has 1 aliphatic rings. The highest BCUT2D eigenvalue weighted by Crippen LogP contribution is 2.20. The number of carbonyl (C=O) groups is 2. The Bertz CT molecular complexity index is 718. The molecule has 1 aromatic carbocycles. The van der Waals surface area contributed by atoms with Crippen LogP contribution in [0.25, 0.3) is 0 Å². The van der Waals surface area contributed by atoms with E-state index >= 15 is 0 Å². The van der Waals surface area contributed by atoms with E-state index < -0.39 is 6.09 Å². The molecule has 7 nitrogen and oxygen atoms in total. The zero-order valence-electron chi connectivity index (χ0n) is 12.6. The van der Waals surface area contributed by atoms with Gasteiger partial charge < -0.3 is 10.1 Å². The Hall–Kier alpha value is -2.96. The maximum absolute atomic E-state index is 11.6. The molecule has 2 aromatic rings. The summed E-state index contributed by atoms with van der Waals surface area (Å²) in [6.07, 6.45) is 2.01. The van der Waals surface area contributed by atoms with E-state index in [1.165, 1.54) is 4.90 Å². The van der Waals surface area contributed by atoms with Crippen molar-refractivity contribution in [2.75, 3.05) is 23.4 Å². The smallest absolute Gasteiger partial charge is 0.415 e. The van der Waals surface area contributed by atoms with Crippen LogP contribution in [0.15, 0.2) is 36.5 Å². The summed E-state index contributed by atoms with van der Waals surface area (Å²) in [6, 6.07) is 8.90. The maximum atomic E-state index is 11.6. The molecule has 0 aliphatic carbocycles. The molecular weight excluding hydrogens is 296 g/mol. The first-order valence-corrected chi connectivity index (χ1v) is 7.26. The van der Waals surface area contributed by atoms with Crippen LogP contribution in [-0.4, -0.2) is 35.5 Å². The van der Waals surface area contributed by atoms with Crippen LogP contribution in [0.5, 0.6) is 0 Å². The van der Waals surface area contributed by atoms with Crippen LogP contribution in [0.2, 0.25) is 0 Å². The molecule has 1 aliphatic heterocycles. The molecule has 2 heterocycles. The Morgan fingerprint density at radius 1 is 1.30 bits per heavy atom. The summed E-state index contributed by atoms with van der Waals surface area (Å²) in [5.74, 6) is 0.933. The van der Waals surface area contributed by atoms with Gasteiger partial charge in [-0.05, 0) is 18.6 Å². The second-order valence-corrected chi connectivity index (χ2v) is 5.15. The molecule has 1 atom stereocenters. The van der Waals surface area contributed by atoms with Crippen molar-refractivity contribution in [1.82, 2.24) is 9.97 Å². The number of nitrogens with zero attached hydrogens (tertiary/aromatic N) is 3. The number of benzene rings is 1. The van der Waals surface area contributed by atoms with Crippen molar-refractivity contribution in [1.29, 1.82) is 0 Å². The van der Waals surface area contributed by atoms with Gasteiger partial charge in [0.25, 0.3) is 0 Å². The lowest BCUT2D eigenvalue weighted by molar-refractivity contribution is 0.112. The van der Waals surface area contributed by atoms with Crippen LogP contribution in [0, 0.1) is 0 Å². The molecule has 0 radical (unpaired) electrons. The van der Waals surface area contributed by atoms with Gasteiger partial charge in [-0.25, -0.2) is 9.78 Å². The van der Waals surface area contributed by atoms with E-state index in [0.717, 1.165) is 11.8 Å². The fraction of sp³-hybridized carbons (Fsp3) is 0.250. The predicted molar refractivity (Wildman–Crippen MR) is 84.6 cm³/mol. The summed E-state index contributed by atoms with van der Waals surface area (Å²) in [6.45, 7) is 2.82. The fourth-order valence-electron chi connectivity index (χ4n) is 2.31. The van der Waals surface area contributed by atoms with E-state index in [0.29, 0.717) is 30.5 Å². The standard InChI is InChI=1S/C16H16N4O3/c1-11(13-4-2-12(10-21)3-5-13)18-15-17-7-6-14(19-15)20-8-9-23-16(20)22/h2-7,10-11H,8-9H2,1H3,(H,17,18,19). The molecule has 1 fully saturated rings. The quantitative estimate of drug-likeness (QED) is 0.854. The SMILES string of the molecule is CC(Nc1nccc(N2CCOC2=O)n1)c1ccc(C=O)cc1. The van der Waals surface area contributed by atoms with E-state index in [4.69, 9.17) is 4.74 Å².